The van der Waals surface area contributed by atoms with Crippen LogP contribution in [0.15, 0.2) is 22.3 Å². The highest BCUT2D eigenvalue weighted by Crippen LogP contribution is 2.46. The summed E-state index contributed by atoms with van der Waals surface area (Å²) in [5.41, 5.74) is 5.53. The van der Waals surface area contributed by atoms with E-state index in [1.54, 1.807) is 14.2 Å². The molecule has 0 unspecified atom stereocenters. The van der Waals surface area contributed by atoms with Gasteiger partial charge in [-0.15, -0.1) is 0 Å². The maximum atomic E-state index is 5.37. The van der Waals surface area contributed by atoms with Gasteiger partial charge in [0.2, 0.25) is 0 Å². The second-order valence-corrected chi connectivity index (χ2v) is 4.45. The van der Waals surface area contributed by atoms with Crippen LogP contribution in [-0.4, -0.2) is 27.4 Å². The van der Waals surface area contributed by atoms with Crippen molar-refractivity contribution in [1.82, 2.24) is 0 Å². The van der Waals surface area contributed by atoms with Crippen LogP contribution in [0, 0.1) is 5.41 Å². The van der Waals surface area contributed by atoms with Crippen molar-refractivity contribution in [2.24, 2.45) is 5.41 Å². The lowest BCUT2D eigenvalue weighted by Crippen LogP contribution is -2.32. The largest absolute Gasteiger partial charge is 0.383 e. The molecule has 0 aromatic carbocycles. The molecule has 1 aliphatic carbocycles. The van der Waals surface area contributed by atoms with Crippen LogP contribution in [0.4, 0.5) is 0 Å². The van der Waals surface area contributed by atoms with E-state index in [1.807, 2.05) is 0 Å². The van der Waals surface area contributed by atoms with Crippen LogP contribution < -0.4 is 0 Å². The molecule has 1 rings (SSSR count). The summed E-state index contributed by atoms with van der Waals surface area (Å²) in [6.07, 6.45) is 0. The first-order valence-corrected chi connectivity index (χ1v) is 5.35. The third-order valence-corrected chi connectivity index (χ3v) is 3.90. The summed E-state index contributed by atoms with van der Waals surface area (Å²) in [6, 6.07) is 0. The SMILES string of the molecule is COCC1(COC)C(C)=C(C)C(C)=C1C. The zero-order valence-electron chi connectivity index (χ0n) is 10.7. The van der Waals surface area contributed by atoms with Crippen molar-refractivity contribution in [1.29, 1.82) is 0 Å². The zero-order chi connectivity index (χ0) is 11.6. The molecular weight excluding hydrogens is 188 g/mol. The van der Waals surface area contributed by atoms with Gasteiger partial charge in [-0.3, -0.25) is 0 Å². The normalized spacial score (nSPS) is 20.4. The molecule has 0 aromatic rings. The Labute approximate surface area is 93.0 Å². The standard InChI is InChI=1S/C13H22O2/c1-9-10(2)12(4)13(7-14-5,8-15-6)11(9)3/h7-8H2,1-6H3. The van der Waals surface area contributed by atoms with Gasteiger partial charge in [-0.25, -0.2) is 0 Å². The Morgan fingerprint density at radius 3 is 1.40 bits per heavy atom. The van der Waals surface area contributed by atoms with Crippen molar-refractivity contribution < 1.29 is 9.47 Å². The van der Waals surface area contributed by atoms with Crippen molar-refractivity contribution in [3.05, 3.63) is 22.3 Å². The molecular formula is C13H22O2. The molecule has 0 bridgehead atoms. The van der Waals surface area contributed by atoms with Gasteiger partial charge in [-0.2, -0.15) is 0 Å². The Morgan fingerprint density at radius 2 is 1.13 bits per heavy atom. The lowest BCUT2D eigenvalue weighted by atomic mass is 9.79. The van der Waals surface area contributed by atoms with Gasteiger partial charge in [-0.1, -0.05) is 11.1 Å². The molecule has 0 N–H and O–H groups in total. The van der Waals surface area contributed by atoms with Gasteiger partial charge in [0.15, 0.2) is 0 Å². The predicted octanol–water partition coefficient (Wildman–Crippen LogP) is 2.95. The van der Waals surface area contributed by atoms with Crippen LogP contribution in [0.2, 0.25) is 0 Å². The van der Waals surface area contributed by atoms with Crippen LogP contribution >= 0.6 is 0 Å². The molecule has 15 heavy (non-hydrogen) atoms. The minimum absolute atomic E-state index is 0.0301. The summed E-state index contributed by atoms with van der Waals surface area (Å²) in [5, 5.41) is 0. The van der Waals surface area contributed by atoms with Crippen LogP contribution in [0.3, 0.4) is 0 Å². The lowest BCUT2D eigenvalue weighted by Gasteiger charge is -2.32. The fourth-order valence-electron chi connectivity index (χ4n) is 2.53. The van der Waals surface area contributed by atoms with Gasteiger partial charge in [0.05, 0.1) is 18.6 Å². The molecule has 0 fully saturated rings. The minimum Gasteiger partial charge on any atom is -0.383 e. The zero-order valence-corrected chi connectivity index (χ0v) is 10.7. The first kappa shape index (κ1) is 12.5. The second-order valence-electron chi connectivity index (χ2n) is 4.45. The molecule has 0 heterocycles. The monoisotopic (exact) mass is 210 g/mol. The second kappa shape index (κ2) is 4.50. The van der Waals surface area contributed by atoms with Gasteiger partial charge < -0.3 is 9.47 Å². The molecule has 1 aliphatic rings. The van der Waals surface area contributed by atoms with E-state index < -0.39 is 0 Å². The Hall–Kier alpha value is -0.600. The Kier molecular flexibility index (Phi) is 3.74. The number of allylic oxidation sites excluding steroid dienone is 2. The fourth-order valence-corrected chi connectivity index (χ4v) is 2.53. The highest BCUT2D eigenvalue weighted by Gasteiger charge is 2.40. The van der Waals surface area contributed by atoms with Gasteiger partial charge in [0.1, 0.15) is 0 Å². The van der Waals surface area contributed by atoms with Crippen molar-refractivity contribution in [2.75, 3.05) is 27.4 Å². The van der Waals surface area contributed by atoms with E-state index in [0.717, 1.165) is 0 Å². The Bertz CT molecular complexity index is 278. The highest BCUT2D eigenvalue weighted by molar-refractivity contribution is 5.50. The third kappa shape index (κ3) is 1.77. The van der Waals surface area contributed by atoms with E-state index in [9.17, 15) is 0 Å². The van der Waals surface area contributed by atoms with Gasteiger partial charge >= 0.3 is 0 Å². The maximum Gasteiger partial charge on any atom is 0.0616 e. The highest BCUT2D eigenvalue weighted by atomic mass is 16.5. The smallest absolute Gasteiger partial charge is 0.0616 e. The molecule has 0 amide bonds. The van der Waals surface area contributed by atoms with Crippen LogP contribution in [0.1, 0.15) is 27.7 Å². The number of hydrogen-bond donors (Lipinski definition) is 0. The molecule has 0 radical (unpaired) electrons. The molecule has 86 valence electrons. The summed E-state index contributed by atoms with van der Waals surface area (Å²) >= 11 is 0. The van der Waals surface area contributed by atoms with Gasteiger partial charge in [0.25, 0.3) is 0 Å². The minimum atomic E-state index is -0.0301. The molecule has 0 saturated heterocycles. The fraction of sp³-hybridized carbons (Fsp3) is 0.692. The van der Waals surface area contributed by atoms with Crippen molar-refractivity contribution in [3.8, 4) is 0 Å². The first-order valence-electron chi connectivity index (χ1n) is 5.35. The summed E-state index contributed by atoms with van der Waals surface area (Å²) in [7, 11) is 3.50. The van der Waals surface area contributed by atoms with Crippen molar-refractivity contribution >= 4 is 0 Å². The molecule has 0 aromatic heterocycles. The maximum absolute atomic E-state index is 5.37. The summed E-state index contributed by atoms with van der Waals surface area (Å²) in [6.45, 7) is 10.1. The van der Waals surface area contributed by atoms with Crippen molar-refractivity contribution in [2.45, 2.75) is 27.7 Å². The molecule has 0 atom stereocenters. The summed E-state index contributed by atoms with van der Waals surface area (Å²) in [5.74, 6) is 0. The quantitative estimate of drug-likeness (QED) is 0.710. The first-order chi connectivity index (χ1) is 7.01. The third-order valence-electron chi connectivity index (χ3n) is 3.90. The van der Waals surface area contributed by atoms with E-state index in [4.69, 9.17) is 9.47 Å². The summed E-state index contributed by atoms with van der Waals surface area (Å²) < 4.78 is 10.7. The van der Waals surface area contributed by atoms with E-state index >= 15 is 0 Å². The topological polar surface area (TPSA) is 18.5 Å². The van der Waals surface area contributed by atoms with Crippen LogP contribution in [-0.2, 0) is 9.47 Å². The molecule has 0 saturated carbocycles. The Morgan fingerprint density at radius 1 is 0.800 bits per heavy atom. The average Bonchev–Trinajstić information content (AvgIpc) is 2.36. The average molecular weight is 210 g/mol. The van der Waals surface area contributed by atoms with Crippen LogP contribution in [0.25, 0.3) is 0 Å². The number of hydrogen-bond acceptors (Lipinski definition) is 2. The predicted molar refractivity (Wildman–Crippen MR) is 62.9 cm³/mol. The lowest BCUT2D eigenvalue weighted by molar-refractivity contribution is 0.0561. The number of ether oxygens (including phenoxy) is 2. The van der Waals surface area contributed by atoms with Crippen LogP contribution in [0.5, 0.6) is 0 Å². The summed E-state index contributed by atoms with van der Waals surface area (Å²) in [4.78, 5) is 0. The molecule has 2 nitrogen and oxygen atoms in total. The van der Waals surface area contributed by atoms with E-state index in [-0.39, 0.29) is 5.41 Å². The number of rotatable bonds is 4. The molecule has 2 heteroatoms. The number of methoxy groups -OCH3 is 2. The van der Waals surface area contributed by atoms with E-state index in [1.165, 1.54) is 22.3 Å². The van der Waals surface area contributed by atoms with Crippen molar-refractivity contribution in [3.63, 3.8) is 0 Å². The molecule has 0 spiro atoms. The van der Waals surface area contributed by atoms with Gasteiger partial charge in [0, 0.05) is 14.2 Å². The van der Waals surface area contributed by atoms with E-state index in [2.05, 4.69) is 27.7 Å². The van der Waals surface area contributed by atoms with Gasteiger partial charge in [-0.05, 0) is 38.8 Å². The molecule has 0 aliphatic heterocycles. The van der Waals surface area contributed by atoms with E-state index in [0.29, 0.717) is 13.2 Å². The Balaban J connectivity index is 3.19.